The van der Waals surface area contributed by atoms with Crippen LogP contribution in [0.4, 0.5) is 5.69 Å². The van der Waals surface area contributed by atoms with Gasteiger partial charge < -0.3 is 10.2 Å². The fourth-order valence-electron chi connectivity index (χ4n) is 2.46. The number of nitrogens with one attached hydrogen (secondary N) is 1. The van der Waals surface area contributed by atoms with E-state index in [2.05, 4.69) is 12.2 Å². The summed E-state index contributed by atoms with van der Waals surface area (Å²) in [5.74, 6) is 0.0654. The zero-order valence-corrected chi connectivity index (χ0v) is 12.7. The van der Waals surface area contributed by atoms with Gasteiger partial charge in [0.05, 0.1) is 11.3 Å². The van der Waals surface area contributed by atoms with Crippen molar-refractivity contribution in [1.82, 2.24) is 4.90 Å². The van der Waals surface area contributed by atoms with Gasteiger partial charge in [-0.15, -0.1) is 11.3 Å². The Morgan fingerprint density at radius 2 is 2.25 bits per heavy atom. The summed E-state index contributed by atoms with van der Waals surface area (Å²) in [5.41, 5.74) is 1.50. The third-order valence-corrected chi connectivity index (χ3v) is 4.51. The molecule has 1 atom stereocenters. The van der Waals surface area contributed by atoms with Crippen LogP contribution in [0, 0.1) is 0 Å². The standard InChI is InChI=1S/C15H15ClN2OS/c1-2-7-18-14(13-4-3-8-20-13)17-12-9-10(16)5-6-11(12)15(18)19/h3-6,8-9,14,17H,2,7H2,1H3. The third kappa shape index (κ3) is 2.30. The number of fused-ring (bicyclic) bond motifs is 1. The zero-order valence-electron chi connectivity index (χ0n) is 11.1. The first-order valence-electron chi connectivity index (χ1n) is 6.61. The van der Waals surface area contributed by atoms with Gasteiger partial charge in [0.25, 0.3) is 5.91 Å². The smallest absolute Gasteiger partial charge is 0.257 e. The fraction of sp³-hybridized carbons (Fsp3) is 0.267. The van der Waals surface area contributed by atoms with Crippen LogP contribution in [-0.2, 0) is 0 Å². The molecule has 1 N–H and O–H groups in total. The van der Waals surface area contributed by atoms with E-state index in [1.54, 1.807) is 23.5 Å². The first kappa shape index (κ1) is 13.5. The van der Waals surface area contributed by atoms with Gasteiger partial charge in [0.2, 0.25) is 0 Å². The largest absolute Gasteiger partial charge is 0.360 e. The van der Waals surface area contributed by atoms with E-state index in [9.17, 15) is 4.79 Å². The lowest BCUT2D eigenvalue weighted by Gasteiger charge is -2.37. The normalized spacial score (nSPS) is 17.8. The van der Waals surface area contributed by atoms with Crippen LogP contribution in [0.2, 0.25) is 5.02 Å². The van der Waals surface area contributed by atoms with Crippen LogP contribution in [0.25, 0.3) is 0 Å². The molecule has 0 aliphatic carbocycles. The highest BCUT2D eigenvalue weighted by molar-refractivity contribution is 7.10. The second-order valence-electron chi connectivity index (χ2n) is 4.75. The molecule has 3 rings (SSSR count). The monoisotopic (exact) mass is 306 g/mol. The minimum atomic E-state index is -0.103. The van der Waals surface area contributed by atoms with Crippen LogP contribution in [-0.4, -0.2) is 17.4 Å². The van der Waals surface area contributed by atoms with Crippen LogP contribution < -0.4 is 5.32 Å². The Kier molecular flexibility index (Phi) is 3.68. The van der Waals surface area contributed by atoms with Crippen LogP contribution >= 0.6 is 22.9 Å². The molecular weight excluding hydrogens is 292 g/mol. The van der Waals surface area contributed by atoms with E-state index < -0.39 is 0 Å². The molecule has 2 heterocycles. The molecular formula is C15H15ClN2OS. The Bertz CT molecular complexity index is 627. The summed E-state index contributed by atoms with van der Waals surface area (Å²) in [7, 11) is 0. The molecule has 104 valence electrons. The van der Waals surface area contributed by atoms with E-state index >= 15 is 0 Å². The Morgan fingerprint density at radius 3 is 2.95 bits per heavy atom. The Balaban J connectivity index is 2.04. The highest BCUT2D eigenvalue weighted by Crippen LogP contribution is 2.36. The number of halogens is 1. The lowest BCUT2D eigenvalue weighted by atomic mass is 10.1. The second kappa shape index (κ2) is 5.46. The van der Waals surface area contributed by atoms with E-state index in [0.29, 0.717) is 10.6 Å². The molecule has 0 spiro atoms. The highest BCUT2D eigenvalue weighted by atomic mass is 35.5. The van der Waals surface area contributed by atoms with Gasteiger partial charge >= 0.3 is 0 Å². The number of nitrogens with zero attached hydrogens (tertiary/aromatic N) is 1. The number of anilines is 1. The number of amides is 1. The van der Waals surface area contributed by atoms with Gasteiger partial charge in [-0.2, -0.15) is 0 Å². The Labute approximate surface area is 127 Å². The van der Waals surface area contributed by atoms with Crippen molar-refractivity contribution in [2.75, 3.05) is 11.9 Å². The summed E-state index contributed by atoms with van der Waals surface area (Å²) >= 11 is 7.68. The summed E-state index contributed by atoms with van der Waals surface area (Å²) in [6.45, 7) is 2.81. The maximum atomic E-state index is 12.7. The number of benzene rings is 1. The lowest BCUT2D eigenvalue weighted by molar-refractivity contribution is 0.0686. The van der Waals surface area contributed by atoms with Crippen molar-refractivity contribution < 1.29 is 4.79 Å². The summed E-state index contributed by atoms with van der Waals surface area (Å²) < 4.78 is 0. The first-order valence-corrected chi connectivity index (χ1v) is 7.87. The van der Waals surface area contributed by atoms with Gasteiger partial charge in [-0.25, -0.2) is 0 Å². The highest BCUT2D eigenvalue weighted by Gasteiger charge is 2.32. The lowest BCUT2D eigenvalue weighted by Crippen LogP contribution is -2.43. The Morgan fingerprint density at radius 1 is 1.40 bits per heavy atom. The number of hydrogen-bond donors (Lipinski definition) is 1. The Hall–Kier alpha value is -1.52. The summed E-state index contributed by atoms with van der Waals surface area (Å²) in [4.78, 5) is 15.7. The van der Waals surface area contributed by atoms with Crippen molar-refractivity contribution in [3.05, 3.63) is 51.2 Å². The number of rotatable bonds is 3. The molecule has 3 nitrogen and oxygen atoms in total. The van der Waals surface area contributed by atoms with Crippen molar-refractivity contribution >= 4 is 34.5 Å². The number of carbonyl (C=O) groups excluding carboxylic acids is 1. The molecule has 20 heavy (non-hydrogen) atoms. The van der Waals surface area contributed by atoms with Gasteiger partial charge in [0.15, 0.2) is 0 Å². The van der Waals surface area contributed by atoms with Crippen LogP contribution in [0.3, 0.4) is 0 Å². The zero-order chi connectivity index (χ0) is 14.1. The average Bonchev–Trinajstić information content (AvgIpc) is 2.95. The molecule has 1 unspecified atom stereocenters. The van der Waals surface area contributed by atoms with E-state index in [-0.39, 0.29) is 12.1 Å². The van der Waals surface area contributed by atoms with Crippen molar-refractivity contribution in [3.8, 4) is 0 Å². The third-order valence-electron chi connectivity index (χ3n) is 3.35. The topological polar surface area (TPSA) is 32.3 Å². The quantitative estimate of drug-likeness (QED) is 0.912. The molecule has 5 heteroatoms. The van der Waals surface area contributed by atoms with Crippen molar-refractivity contribution in [1.29, 1.82) is 0 Å². The molecule has 1 amide bonds. The van der Waals surface area contributed by atoms with Crippen LogP contribution in [0.1, 0.15) is 34.7 Å². The second-order valence-corrected chi connectivity index (χ2v) is 6.17. The predicted molar refractivity (Wildman–Crippen MR) is 83.5 cm³/mol. The van der Waals surface area contributed by atoms with Crippen molar-refractivity contribution in [2.24, 2.45) is 0 Å². The van der Waals surface area contributed by atoms with Crippen molar-refractivity contribution in [3.63, 3.8) is 0 Å². The summed E-state index contributed by atoms with van der Waals surface area (Å²) in [5, 5.41) is 6.10. The SMILES string of the molecule is CCCN1C(=O)c2ccc(Cl)cc2NC1c1cccs1. The average molecular weight is 307 g/mol. The van der Waals surface area contributed by atoms with Gasteiger partial charge in [-0.3, -0.25) is 4.79 Å². The molecule has 2 aromatic rings. The van der Waals surface area contributed by atoms with Gasteiger partial charge in [0, 0.05) is 16.4 Å². The molecule has 0 radical (unpaired) electrons. The minimum absolute atomic E-state index is 0.0654. The van der Waals surface area contributed by atoms with E-state index in [1.807, 2.05) is 28.5 Å². The van der Waals surface area contributed by atoms with Gasteiger partial charge in [0.1, 0.15) is 6.17 Å². The van der Waals surface area contributed by atoms with E-state index in [0.717, 1.165) is 23.5 Å². The van der Waals surface area contributed by atoms with Crippen molar-refractivity contribution in [2.45, 2.75) is 19.5 Å². The maximum absolute atomic E-state index is 12.7. The molecule has 0 fully saturated rings. The number of carbonyl (C=O) groups is 1. The fourth-order valence-corrected chi connectivity index (χ4v) is 3.42. The summed E-state index contributed by atoms with van der Waals surface area (Å²) in [6, 6.07) is 9.42. The minimum Gasteiger partial charge on any atom is -0.360 e. The first-order chi connectivity index (χ1) is 9.70. The molecule has 0 saturated heterocycles. The molecule has 1 aromatic heterocycles. The molecule has 0 saturated carbocycles. The van der Waals surface area contributed by atoms with Gasteiger partial charge in [-0.05, 0) is 36.1 Å². The molecule has 0 bridgehead atoms. The van der Waals surface area contributed by atoms with Crippen LogP contribution in [0.5, 0.6) is 0 Å². The molecule has 1 aliphatic rings. The van der Waals surface area contributed by atoms with Gasteiger partial charge in [-0.1, -0.05) is 24.6 Å². The maximum Gasteiger partial charge on any atom is 0.257 e. The molecule has 1 aliphatic heterocycles. The van der Waals surface area contributed by atoms with E-state index in [4.69, 9.17) is 11.6 Å². The summed E-state index contributed by atoms with van der Waals surface area (Å²) in [6.07, 6.45) is 0.825. The predicted octanol–water partition coefficient (Wildman–Crippen LogP) is 4.38. The van der Waals surface area contributed by atoms with Crippen LogP contribution in [0.15, 0.2) is 35.7 Å². The number of hydrogen-bond acceptors (Lipinski definition) is 3. The van der Waals surface area contributed by atoms with E-state index in [1.165, 1.54) is 0 Å². The number of thiophene rings is 1. The molecule has 1 aromatic carbocycles.